The van der Waals surface area contributed by atoms with Crippen LogP contribution in [0.5, 0.6) is 0 Å². The average Bonchev–Trinajstić information content (AvgIpc) is 2.84. The minimum absolute atomic E-state index is 0.233. The smallest absolute Gasteiger partial charge is 0.311 e. The third kappa shape index (κ3) is 2.97. The fourth-order valence-corrected chi connectivity index (χ4v) is 2.87. The van der Waals surface area contributed by atoms with Crippen LogP contribution in [-0.4, -0.2) is 31.2 Å². The number of esters is 1. The Balaban J connectivity index is 2.01. The number of aromatic nitrogens is 1. The van der Waals surface area contributed by atoms with Gasteiger partial charge >= 0.3 is 5.97 Å². The van der Waals surface area contributed by atoms with Gasteiger partial charge < -0.3 is 9.64 Å². The number of carbonyl (C=O) groups excluding carboxylic acids is 1. The Labute approximate surface area is 106 Å². The molecule has 0 aliphatic carbocycles. The van der Waals surface area contributed by atoms with E-state index in [1.165, 1.54) is 13.5 Å². The lowest BCUT2D eigenvalue weighted by Crippen LogP contribution is -2.22. The van der Waals surface area contributed by atoms with Crippen LogP contribution in [0.15, 0.2) is 5.38 Å². The van der Waals surface area contributed by atoms with Crippen LogP contribution in [0.2, 0.25) is 0 Å². The topological polar surface area (TPSA) is 42.4 Å². The van der Waals surface area contributed by atoms with Crippen molar-refractivity contribution in [3.05, 3.63) is 11.1 Å². The van der Waals surface area contributed by atoms with Crippen molar-refractivity contribution in [1.29, 1.82) is 0 Å². The number of carbonyl (C=O) groups is 1. The van der Waals surface area contributed by atoms with Crippen molar-refractivity contribution in [1.82, 2.24) is 4.98 Å². The SMILES string of the molecule is COC(=O)Cc1csc(N2CCC(C)(C)C2)n1. The van der Waals surface area contributed by atoms with Gasteiger partial charge in [-0.2, -0.15) is 0 Å². The highest BCUT2D eigenvalue weighted by molar-refractivity contribution is 7.13. The molecule has 0 unspecified atom stereocenters. The highest BCUT2D eigenvalue weighted by Crippen LogP contribution is 2.33. The number of nitrogens with zero attached hydrogens (tertiary/aromatic N) is 2. The van der Waals surface area contributed by atoms with E-state index in [-0.39, 0.29) is 12.4 Å². The van der Waals surface area contributed by atoms with Crippen molar-refractivity contribution in [2.75, 3.05) is 25.1 Å². The molecule has 0 N–H and O–H groups in total. The summed E-state index contributed by atoms with van der Waals surface area (Å²) in [6.07, 6.45) is 1.46. The number of hydrogen-bond donors (Lipinski definition) is 0. The maximum atomic E-state index is 11.1. The zero-order valence-corrected chi connectivity index (χ0v) is 11.3. The molecule has 0 amide bonds. The van der Waals surface area contributed by atoms with Crippen LogP contribution < -0.4 is 4.90 Å². The predicted octanol–water partition coefficient (Wildman–Crippen LogP) is 2.09. The molecule has 94 valence electrons. The Kier molecular flexibility index (Phi) is 3.38. The van der Waals surface area contributed by atoms with E-state index in [2.05, 4.69) is 28.5 Å². The first-order valence-electron chi connectivity index (χ1n) is 5.76. The van der Waals surface area contributed by atoms with Crippen molar-refractivity contribution >= 4 is 22.4 Å². The molecule has 1 aliphatic rings. The Morgan fingerprint density at radius 1 is 1.65 bits per heavy atom. The molecule has 17 heavy (non-hydrogen) atoms. The first kappa shape index (κ1) is 12.4. The number of rotatable bonds is 3. The molecular formula is C12H18N2O2S. The van der Waals surface area contributed by atoms with Gasteiger partial charge in [-0.3, -0.25) is 4.79 Å². The molecule has 0 atom stereocenters. The lowest BCUT2D eigenvalue weighted by atomic mass is 9.93. The minimum atomic E-state index is -0.233. The maximum Gasteiger partial charge on any atom is 0.311 e. The van der Waals surface area contributed by atoms with Gasteiger partial charge in [-0.15, -0.1) is 11.3 Å². The van der Waals surface area contributed by atoms with Gasteiger partial charge in [0.15, 0.2) is 5.13 Å². The Morgan fingerprint density at radius 2 is 2.41 bits per heavy atom. The maximum absolute atomic E-state index is 11.1. The summed E-state index contributed by atoms with van der Waals surface area (Å²) in [6.45, 7) is 6.64. The van der Waals surface area contributed by atoms with E-state index in [0.29, 0.717) is 5.41 Å². The Morgan fingerprint density at radius 3 is 3.00 bits per heavy atom. The largest absolute Gasteiger partial charge is 0.469 e. The number of thiazole rings is 1. The molecular weight excluding hydrogens is 236 g/mol. The minimum Gasteiger partial charge on any atom is -0.469 e. The Hall–Kier alpha value is -1.10. The van der Waals surface area contributed by atoms with E-state index in [9.17, 15) is 4.79 Å². The van der Waals surface area contributed by atoms with Gasteiger partial charge in [-0.05, 0) is 11.8 Å². The number of hydrogen-bond acceptors (Lipinski definition) is 5. The van der Waals surface area contributed by atoms with Gasteiger partial charge in [-0.1, -0.05) is 13.8 Å². The molecule has 1 saturated heterocycles. The van der Waals surface area contributed by atoms with Crippen molar-refractivity contribution in [2.24, 2.45) is 5.41 Å². The molecule has 1 aromatic rings. The second-order valence-electron chi connectivity index (χ2n) is 5.21. The summed E-state index contributed by atoms with van der Waals surface area (Å²) in [5.74, 6) is -0.233. The lowest BCUT2D eigenvalue weighted by molar-refractivity contribution is -0.139. The van der Waals surface area contributed by atoms with Crippen molar-refractivity contribution in [2.45, 2.75) is 26.7 Å². The molecule has 0 spiro atoms. The quantitative estimate of drug-likeness (QED) is 0.775. The number of anilines is 1. The van der Waals surface area contributed by atoms with Crippen molar-refractivity contribution in [3.8, 4) is 0 Å². The second-order valence-corrected chi connectivity index (χ2v) is 6.05. The zero-order valence-electron chi connectivity index (χ0n) is 10.5. The van der Waals surface area contributed by atoms with Gasteiger partial charge in [0.1, 0.15) is 0 Å². The first-order chi connectivity index (χ1) is 8.00. The summed E-state index contributed by atoms with van der Waals surface area (Å²) >= 11 is 1.61. The van der Waals surface area contributed by atoms with E-state index < -0.39 is 0 Å². The summed E-state index contributed by atoms with van der Waals surface area (Å²) in [4.78, 5) is 17.9. The second kappa shape index (κ2) is 4.64. The molecule has 1 fully saturated rings. The van der Waals surface area contributed by atoms with Gasteiger partial charge in [0, 0.05) is 18.5 Å². The number of ether oxygens (including phenoxy) is 1. The molecule has 0 radical (unpaired) electrons. The van der Waals surface area contributed by atoms with Crippen LogP contribution in [0.4, 0.5) is 5.13 Å². The molecule has 0 bridgehead atoms. The summed E-state index contributed by atoms with van der Waals surface area (Å²) in [6, 6.07) is 0. The summed E-state index contributed by atoms with van der Waals surface area (Å²) < 4.78 is 4.63. The van der Waals surface area contributed by atoms with Gasteiger partial charge in [0.05, 0.1) is 19.2 Å². The molecule has 2 rings (SSSR count). The van der Waals surface area contributed by atoms with Crippen molar-refractivity contribution in [3.63, 3.8) is 0 Å². The van der Waals surface area contributed by atoms with Crippen LogP contribution >= 0.6 is 11.3 Å². The lowest BCUT2D eigenvalue weighted by Gasteiger charge is -2.18. The van der Waals surface area contributed by atoms with Crippen LogP contribution in [-0.2, 0) is 16.0 Å². The fraction of sp³-hybridized carbons (Fsp3) is 0.667. The normalized spacial score (nSPS) is 18.4. The number of methoxy groups -OCH3 is 1. The van der Waals surface area contributed by atoms with Crippen LogP contribution in [0.3, 0.4) is 0 Å². The molecule has 1 aliphatic heterocycles. The summed E-state index contributed by atoms with van der Waals surface area (Å²) in [5, 5.41) is 2.96. The first-order valence-corrected chi connectivity index (χ1v) is 6.64. The molecule has 0 aromatic carbocycles. The highest BCUT2D eigenvalue weighted by Gasteiger charge is 2.30. The molecule has 0 saturated carbocycles. The monoisotopic (exact) mass is 254 g/mol. The van der Waals surface area contributed by atoms with E-state index in [0.717, 1.165) is 23.9 Å². The predicted molar refractivity (Wildman–Crippen MR) is 68.4 cm³/mol. The molecule has 2 heterocycles. The van der Waals surface area contributed by atoms with E-state index >= 15 is 0 Å². The summed E-state index contributed by atoms with van der Waals surface area (Å²) in [5.41, 5.74) is 1.18. The zero-order chi connectivity index (χ0) is 12.5. The van der Waals surface area contributed by atoms with E-state index in [1.807, 2.05) is 5.38 Å². The molecule has 1 aromatic heterocycles. The van der Waals surface area contributed by atoms with Gasteiger partial charge in [0.2, 0.25) is 0 Å². The van der Waals surface area contributed by atoms with Crippen molar-refractivity contribution < 1.29 is 9.53 Å². The van der Waals surface area contributed by atoms with E-state index in [1.54, 1.807) is 11.3 Å². The van der Waals surface area contributed by atoms with Gasteiger partial charge in [0.25, 0.3) is 0 Å². The van der Waals surface area contributed by atoms with Crippen LogP contribution in [0.1, 0.15) is 26.0 Å². The molecule has 5 heteroatoms. The molecule has 4 nitrogen and oxygen atoms in total. The van der Waals surface area contributed by atoms with E-state index in [4.69, 9.17) is 0 Å². The summed E-state index contributed by atoms with van der Waals surface area (Å²) in [7, 11) is 1.40. The third-order valence-corrected chi connectivity index (χ3v) is 3.99. The third-order valence-electron chi connectivity index (χ3n) is 3.04. The van der Waals surface area contributed by atoms with Gasteiger partial charge in [-0.25, -0.2) is 4.98 Å². The standard InChI is InChI=1S/C12H18N2O2S/c1-12(2)4-5-14(8-12)11-13-9(7-17-11)6-10(15)16-3/h7H,4-6,8H2,1-3H3. The van der Waals surface area contributed by atoms with Crippen LogP contribution in [0.25, 0.3) is 0 Å². The fourth-order valence-electron chi connectivity index (χ4n) is 2.02. The Bertz CT molecular complexity index is 414. The van der Waals surface area contributed by atoms with Crippen LogP contribution in [0, 0.1) is 5.41 Å². The highest BCUT2D eigenvalue weighted by atomic mass is 32.1. The average molecular weight is 254 g/mol.